The number of nitrogens with zero attached hydrogens (tertiary/aromatic N) is 6. The number of hydrogen-bond donors (Lipinski definition) is 2. The fourth-order valence-corrected chi connectivity index (χ4v) is 4.41. The fraction of sp³-hybridized carbons (Fsp3) is 0.0800. The molecule has 0 amide bonds. The molecule has 0 spiro atoms. The number of rotatable bonds is 7. The maximum absolute atomic E-state index is 13.6. The van der Waals surface area contributed by atoms with E-state index in [9.17, 15) is 9.65 Å². The van der Waals surface area contributed by atoms with Gasteiger partial charge in [-0.2, -0.15) is 5.26 Å². The number of hydrogen-bond acceptors (Lipinski definition) is 7. The third-order valence-corrected chi connectivity index (χ3v) is 6.28. The van der Waals surface area contributed by atoms with Crippen molar-refractivity contribution in [3.05, 3.63) is 99.4 Å². The number of pyridine rings is 2. The van der Waals surface area contributed by atoms with Crippen LogP contribution < -0.4 is 10.6 Å². The first kappa shape index (κ1) is 23.7. The van der Waals surface area contributed by atoms with Gasteiger partial charge in [-0.25, -0.2) is 9.07 Å². The Hall–Kier alpha value is -4.07. The van der Waals surface area contributed by atoms with E-state index in [0.29, 0.717) is 40.9 Å². The molecule has 36 heavy (non-hydrogen) atoms. The third-order valence-electron chi connectivity index (χ3n) is 5.39. The van der Waals surface area contributed by atoms with E-state index in [1.54, 1.807) is 23.1 Å². The molecule has 0 aliphatic rings. The van der Waals surface area contributed by atoms with Crippen molar-refractivity contribution in [2.24, 2.45) is 0 Å². The van der Waals surface area contributed by atoms with Gasteiger partial charge in [-0.15, -0.1) is 5.10 Å². The maximum Gasteiger partial charge on any atom is 0.141 e. The highest BCUT2D eigenvalue weighted by Gasteiger charge is 2.14. The molecule has 2 aromatic carbocycles. The van der Waals surface area contributed by atoms with Crippen LogP contribution in [0.1, 0.15) is 16.8 Å². The van der Waals surface area contributed by atoms with Crippen LogP contribution in [0.3, 0.4) is 0 Å². The molecule has 8 nitrogen and oxygen atoms in total. The molecule has 3 heterocycles. The molecule has 0 fully saturated rings. The SMILES string of the molecule is N#Cc1cnc2c(Br)cc(NCc3cn(Cc4ccncc4)nn3)cc2c1Nc1ccc(F)c(Cl)c1. The second-order valence-electron chi connectivity index (χ2n) is 7.88. The van der Waals surface area contributed by atoms with Crippen molar-refractivity contribution in [1.82, 2.24) is 25.0 Å². The van der Waals surface area contributed by atoms with Gasteiger partial charge in [0.05, 0.1) is 41.1 Å². The van der Waals surface area contributed by atoms with Crippen LogP contribution in [-0.2, 0) is 13.1 Å². The van der Waals surface area contributed by atoms with Gasteiger partial charge in [-0.1, -0.05) is 16.8 Å². The molecular formula is C25H17BrClFN8. The van der Waals surface area contributed by atoms with Gasteiger partial charge in [0.2, 0.25) is 0 Å². The first-order valence-electron chi connectivity index (χ1n) is 10.8. The summed E-state index contributed by atoms with van der Waals surface area (Å²) in [5.41, 5.74) is 4.72. The molecule has 0 aliphatic carbocycles. The van der Waals surface area contributed by atoms with Gasteiger partial charge in [0.25, 0.3) is 0 Å². The Morgan fingerprint density at radius 3 is 2.72 bits per heavy atom. The van der Waals surface area contributed by atoms with Crippen molar-refractivity contribution in [3.8, 4) is 6.07 Å². The minimum absolute atomic E-state index is 0.0163. The van der Waals surface area contributed by atoms with Gasteiger partial charge >= 0.3 is 0 Å². The van der Waals surface area contributed by atoms with Crippen molar-refractivity contribution < 1.29 is 4.39 Å². The average Bonchev–Trinajstić information content (AvgIpc) is 3.33. The van der Waals surface area contributed by atoms with E-state index in [4.69, 9.17) is 11.6 Å². The Labute approximate surface area is 218 Å². The summed E-state index contributed by atoms with van der Waals surface area (Å²) in [4.78, 5) is 8.46. The standard InChI is InChI=1S/C25H17BrClFN8/c26-21-8-18(31-12-19-14-36(35-34-19)13-15-3-5-30-6-4-15)7-20-24(16(10-29)11-32-25(20)21)33-17-1-2-23(28)22(27)9-17/h1-9,11,14,31H,12-13H2,(H,32,33). The predicted octanol–water partition coefficient (Wildman–Crippen LogP) is 6.05. The number of aromatic nitrogens is 5. The first-order chi connectivity index (χ1) is 17.5. The maximum atomic E-state index is 13.6. The fourth-order valence-electron chi connectivity index (χ4n) is 3.66. The number of halogens is 3. The molecule has 0 saturated carbocycles. The molecule has 5 aromatic rings. The number of benzene rings is 2. The number of nitriles is 1. The molecule has 0 unspecified atom stereocenters. The first-order valence-corrected chi connectivity index (χ1v) is 11.9. The smallest absolute Gasteiger partial charge is 0.141 e. The Kier molecular flexibility index (Phi) is 6.75. The number of nitrogens with one attached hydrogen (secondary N) is 2. The summed E-state index contributed by atoms with van der Waals surface area (Å²) in [6.45, 7) is 1.04. The van der Waals surface area contributed by atoms with E-state index in [2.05, 4.69) is 52.9 Å². The van der Waals surface area contributed by atoms with Gasteiger partial charge in [-0.3, -0.25) is 9.97 Å². The van der Waals surface area contributed by atoms with E-state index < -0.39 is 5.82 Å². The highest BCUT2D eigenvalue weighted by Crippen LogP contribution is 2.35. The molecule has 0 saturated heterocycles. The van der Waals surface area contributed by atoms with Crippen LogP contribution in [0.15, 0.2) is 71.7 Å². The van der Waals surface area contributed by atoms with E-state index in [-0.39, 0.29) is 5.02 Å². The lowest BCUT2D eigenvalue weighted by atomic mass is 10.1. The van der Waals surface area contributed by atoms with Crippen LogP contribution in [-0.4, -0.2) is 25.0 Å². The van der Waals surface area contributed by atoms with Crippen molar-refractivity contribution >= 4 is 55.5 Å². The van der Waals surface area contributed by atoms with Crippen LogP contribution in [0.2, 0.25) is 5.02 Å². The lowest BCUT2D eigenvalue weighted by Crippen LogP contribution is -2.02. The van der Waals surface area contributed by atoms with Crippen LogP contribution in [0.4, 0.5) is 21.5 Å². The quantitative estimate of drug-likeness (QED) is 0.248. The summed E-state index contributed by atoms with van der Waals surface area (Å²) in [6.07, 6.45) is 6.86. The van der Waals surface area contributed by atoms with E-state index in [1.807, 2.05) is 30.5 Å². The van der Waals surface area contributed by atoms with Crippen molar-refractivity contribution in [1.29, 1.82) is 5.26 Å². The Morgan fingerprint density at radius 2 is 1.94 bits per heavy atom. The van der Waals surface area contributed by atoms with E-state index in [0.717, 1.165) is 21.4 Å². The number of fused-ring (bicyclic) bond motifs is 1. The van der Waals surface area contributed by atoms with Gasteiger partial charge < -0.3 is 10.6 Å². The van der Waals surface area contributed by atoms with Crippen LogP contribution in [0.25, 0.3) is 10.9 Å². The van der Waals surface area contributed by atoms with Crippen molar-refractivity contribution in [2.75, 3.05) is 10.6 Å². The summed E-state index contributed by atoms with van der Waals surface area (Å²) in [6, 6.07) is 14.1. The molecule has 3 aromatic heterocycles. The minimum atomic E-state index is -0.519. The molecule has 0 aliphatic heterocycles. The van der Waals surface area contributed by atoms with Gasteiger partial charge in [0.15, 0.2) is 0 Å². The van der Waals surface area contributed by atoms with Crippen molar-refractivity contribution in [2.45, 2.75) is 13.1 Å². The number of anilines is 3. The van der Waals surface area contributed by atoms with E-state index >= 15 is 0 Å². The lowest BCUT2D eigenvalue weighted by molar-refractivity contribution is 0.628. The summed E-state index contributed by atoms with van der Waals surface area (Å²) in [5.74, 6) is -0.519. The molecular weight excluding hydrogens is 547 g/mol. The molecule has 2 N–H and O–H groups in total. The zero-order valence-corrected chi connectivity index (χ0v) is 20.9. The Bertz CT molecular complexity index is 1600. The Morgan fingerprint density at radius 1 is 1.11 bits per heavy atom. The van der Waals surface area contributed by atoms with Crippen molar-refractivity contribution in [3.63, 3.8) is 0 Å². The second-order valence-corrected chi connectivity index (χ2v) is 9.14. The second kappa shape index (κ2) is 10.3. The molecule has 0 radical (unpaired) electrons. The highest BCUT2D eigenvalue weighted by molar-refractivity contribution is 9.10. The topological polar surface area (TPSA) is 104 Å². The average molecular weight is 564 g/mol. The normalized spacial score (nSPS) is 10.8. The minimum Gasteiger partial charge on any atom is -0.379 e. The van der Waals surface area contributed by atoms with Gasteiger partial charge in [-0.05, 0) is 64.0 Å². The van der Waals surface area contributed by atoms with Crippen LogP contribution in [0, 0.1) is 17.1 Å². The molecule has 5 rings (SSSR count). The largest absolute Gasteiger partial charge is 0.379 e. The van der Waals surface area contributed by atoms with E-state index in [1.165, 1.54) is 18.3 Å². The Balaban J connectivity index is 1.41. The van der Waals surface area contributed by atoms with Crippen LogP contribution >= 0.6 is 27.5 Å². The zero-order chi connectivity index (χ0) is 25.1. The lowest BCUT2D eigenvalue weighted by Gasteiger charge is -2.14. The molecule has 0 bridgehead atoms. The van der Waals surface area contributed by atoms with Gasteiger partial charge in [0, 0.05) is 39.8 Å². The summed E-state index contributed by atoms with van der Waals surface area (Å²) < 4.78 is 16.1. The third kappa shape index (κ3) is 5.12. The molecule has 178 valence electrons. The summed E-state index contributed by atoms with van der Waals surface area (Å²) in [7, 11) is 0. The molecule has 0 atom stereocenters. The predicted molar refractivity (Wildman–Crippen MR) is 140 cm³/mol. The van der Waals surface area contributed by atoms with Gasteiger partial charge in [0.1, 0.15) is 17.6 Å². The zero-order valence-electron chi connectivity index (χ0n) is 18.6. The molecule has 11 heteroatoms. The highest BCUT2D eigenvalue weighted by atomic mass is 79.9. The monoisotopic (exact) mass is 562 g/mol. The summed E-state index contributed by atoms with van der Waals surface area (Å²) >= 11 is 9.52. The summed E-state index contributed by atoms with van der Waals surface area (Å²) in [5, 5.41) is 25.4. The van der Waals surface area contributed by atoms with Crippen LogP contribution in [0.5, 0.6) is 0 Å².